The molecular formula is C22H26N2O3S. The van der Waals surface area contributed by atoms with E-state index < -0.39 is 10.0 Å². The Morgan fingerprint density at radius 3 is 2.54 bits per heavy atom. The first-order chi connectivity index (χ1) is 13.3. The Bertz CT molecular complexity index is 1040. The van der Waals surface area contributed by atoms with E-state index in [1.165, 1.54) is 0 Å². The highest BCUT2D eigenvalue weighted by molar-refractivity contribution is 7.92. The van der Waals surface area contributed by atoms with E-state index in [4.69, 9.17) is 0 Å². The number of carbonyl (C=O) groups is 1. The maximum atomic E-state index is 12.9. The van der Waals surface area contributed by atoms with Crippen molar-refractivity contribution in [1.29, 1.82) is 0 Å². The van der Waals surface area contributed by atoms with Gasteiger partial charge in [-0.1, -0.05) is 18.6 Å². The van der Waals surface area contributed by atoms with Crippen LogP contribution in [0.15, 0.2) is 41.3 Å². The van der Waals surface area contributed by atoms with E-state index in [0.29, 0.717) is 12.1 Å². The van der Waals surface area contributed by atoms with Gasteiger partial charge in [-0.2, -0.15) is 0 Å². The van der Waals surface area contributed by atoms with Crippen molar-refractivity contribution in [2.75, 3.05) is 9.62 Å². The molecule has 1 N–H and O–H groups in total. The number of hydrogen-bond acceptors (Lipinski definition) is 3. The molecule has 0 spiro atoms. The lowest BCUT2D eigenvalue weighted by Gasteiger charge is -2.32. The number of nitrogens with one attached hydrogen (secondary N) is 1. The Kier molecular flexibility index (Phi) is 4.70. The van der Waals surface area contributed by atoms with E-state index in [9.17, 15) is 13.2 Å². The molecule has 1 aliphatic carbocycles. The molecule has 5 nitrogen and oxygen atoms in total. The van der Waals surface area contributed by atoms with E-state index in [1.807, 2.05) is 43.9 Å². The molecule has 28 heavy (non-hydrogen) atoms. The van der Waals surface area contributed by atoms with Crippen LogP contribution in [0.4, 0.5) is 11.4 Å². The minimum Gasteiger partial charge on any atom is -0.309 e. The van der Waals surface area contributed by atoms with Crippen LogP contribution in [0, 0.1) is 19.8 Å². The topological polar surface area (TPSA) is 66.5 Å². The third-order valence-electron chi connectivity index (χ3n) is 5.91. The second kappa shape index (κ2) is 6.92. The van der Waals surface area contributed by atoms with Gasteiger partial charge < -0.3 is 4.90 Å². The van der Waals surface area contributed by atoms with Gasteiger partial charge >= 0.3 is 0 Å². The molecule has 1 fully saturated rings. The molecule has 1 atom stereocenters. The molecule has 4 rings (SSSR count). The minimum absolute atomic E-state index is 0.0630. The van der Waals surface area contributed by atoms with E-state index in [0.717, 1.165) is 41.6 Å². The summed E-state index contributed by atoms with van der Waals surface area (Å²) in [6, 6.07) is 10.9. The number of sulfonamides is 1. The number of rotatable bonds is 4. The van der Waals surface area contributed by atoms with Crippen molar-refractivity contribution in [1.82, 2.24) is 0 Å². The first-order valence-corrected chi connectivity index (χ1v) is 11.3. The summed E-state index contributed by atoms with van der Waals surface area (Å²) >= 11 is 0. The molecule has 6 heteroatoms. The van der Waals surface area contributed by atoms with Crippen LogP contribution < -0.4 is 9.62 Å². The second-order valence-corrected chi connectivity index (χ2v) is 9.79. The number of aryl methyl sites for hydroxylation is 2. The van der Waals surface area contributed by atoms with Crippen molar-refractivity contribution in [2.24, 2.45) is 5.92 Å². The summed E-state index contributed by atoms with van der Waals surface area (Å²) < 4.78 is 28.6. The van der Waals surface area contributed by atoms with Gasteiger partial charge in [-0.05, 0) is 81.0 Å². The van der Waals surface area contributed by atoms with Crippen LogP contribution >= 0.6 is 0 Å². The molecule has 2 aromatic carbocycles. The van der Waals surface area contributed by atoms with Crippen LogP contribution in [-0.4, -0.2) is 20.4 Å². The van der Waals surface area contributed by atoms with Gasteiger partial charge in [0.1, 0.15) is 0 Å². The van der Waals surface area contributed by atoms with Crippen LogP contribution in [0.25, 0.3) is 0 Å². The lowest BCUT2D eigenvalue weighted by Crippen LogP contribution is -2.42. The van der Waals surface area contributed by atoms with Gasteiger partial charge in [0.15, 0.2) is 0 Å². The molecule has 1 amide bonds. The van der Waals surface area contributed by atoms with Crippen molar-refractivity contribution in [3.05, 3.63) is 53.1 Å². The predicted octanol–water partition coefficient (Wildman–Crippen LogP) is 4.18. The number of fused-ring (bicyclic) bond motifs is 1. The van der Waals surface area contributed by atoms with Crippen molar-refractivity contribution in [3.63, 3.8) is 0 Å². The van der Waals surface area contributed by atoms with Crippen LogP contribution in [0.2, 0.25) is 0 Å². The number of carbonyl (C=O) groups excluding carboxylic acids is 1. The lowest BCUT2D eigenvalue weighted by molar-refractivity contribution is -0.125. The number of hydrogen-bond donors (Lipinski definition) is 1. The molecule has 1 saturated carbocycles. The summed E-state index contributed by atoms with van der Waals surface area (Å²) in [6.45, 7) is 5.84. The molecule has 1 aliphatic heterocycles. The van der Waals surface area contributed by atoms with Crippen molar-refractivity contribution in [2.45, 2.75) is 57.4 Å². The van der Waals surface area contributed by atoms with E-state index >= 15 is 0 Å². The van der Waals surface area contributed by atoms with Crippen LogP contribution in [-0.2, 0) is 21.2 Å². The number of amides is 1. The number of anilines is 2. The maximum Gasteiger partial charge on any atom is 0.261 e. The molecule has 0 unspecified atom stereocenters. The van der Waals surface area contributed by atoms with Gasteiger partial charge in [-0.25, -0.2) is 8.42 Å². The van der Waals surface area contributed by atoms with E-state index in [2.05, 4.69) is 4.72 Å². The molecule has 0 bridgehead atoms. The van der Waals surface area contributed by atoms with Crippen LogP contribution in [0.3, 0.4) is 0 Å². The average Bonchev–Trinajstić information content (AvgIpc) is 2.91. The maximum absolute atomic E-state index is 12.9. The summed E-state index contributed by atoms with van der Waals surface area (Å²) in [5.41, 5.74) is 4.24. The monoisotopic (exact) mass is 398 g/mol. The Morgan fingerprint density at radius 1 is 1.11 bits per heavy atom. The summed E-state index contributed by atoms with van der Waals surface area (Å²) in [5.74, 6) is 0.310. The standard InChI is InChI=1S/C22H26N2O3S/c1-14-7-8-15(2)20(11-14)23-28(26,27)19-9-10-21-18(13-19)12-16(3)24(21)22(25)17-5-4-6-17/h7-11,13,16-17,23H,4-6,12H2,1-3H3/t16-/m1/s1. The fourth-order valence-electron chi connectivity index (χ4n) is 4.01. The van der Waals surface area contributed by atoms with Crippen molar-refractivity contribution in [3.8, 4) is 0 Å². The Morgan fingerprint density at radius 2 is 1.86 bits per heavy atom. The molecule has 2 aromatic rings. The summed E-state index contributed by atoms with van der Waals surface area (Å²) in [4.78, 5) is 14.9. The molecule has 0 radical (unpaired) electrons. The number of nitrogens with zero attached hydrogens (tertiary/aromatic N) is 1. The first kappa shape index (κ1) is 19.0. The van der Waals surface area contributed by atoms with E-state index in [-0.39, 0.29) is 22.8 Å². The summed E-state index contributed by atoms with van der Waals surface area (Å²) in [7, 11) is -3.69. The molecular weight excluding hydrogens is 372 g/mol. The van der Waals surface area contributed by atoms with Gasteiger partial charge in [0.05, 0.1) is 10.6 Å². The second-order valence-electron chi connectivity index (χ2n) is 8.10. The highest BCUT2D eigenvalue weighted by Crippen LogP contribution is 2.38. The number of benzene rings is 2. The van der Waals surface area contributed by atoms with Crippen LogP contribution in [0.1, 0.15) is 42.9 Å². The molecule has 148 valence electrons. The zero-order chi connectivity index (χ0) is 20.1. The smallest absolute Gasteiger partial charge is 0.261 e. The van der Waals surface area contributed by atoms with Gasteiger partial charge in [0, 0.05) is 17.6 Å². The largest absolute Gasteiger partial charge is 0.309 e. The normalized spacial score (nSPS) is 19.2. The molecule has 0 saturated heterocycles. The van der Waals surface area contributed by atoms with Crippen LogP contribution in [0.5, 0.6) is 0 Å². The molecule has 2 aliphatic rings. The Hall–Kier alpha value is -2.34. The van der Waals surface area contributed by atoms with E-state index in [1.54, 1.807) is 18.2 Å². The minimum atomic E-state index is -3.69. The Balaban J connectivity index is 1.63. The van der Waals surface area contributed by atoms with Gasteiger partial charge in [-0.15, -0.1) is 0 Å². The quantitative estimate of drug-likeness (QED) is 0.840. The lowest BCUT2D eigenvalue weighted by atomic mass is 9.84. The first-order valence-electron chi connectivity index (χ1n) is 9.82. The third kappa shape index (κ3) is 3.30. The summed E-state index contributed by atoms with van der Waals surface area (Å²) in [6.07, 6.45) is 3.72. The fourth-order valence-corrected chi connectivity index (χ4v) is 5.18. The predicted molar refractivity (Wildman–Crippen MR) is 111 cm³/mol. The molecule has 1 heterocycles. The third-order valence-corrected chi connectivity index (χ3v) is 7.27. The molecule has 0 aromatic heterocycles. The summed E-state index contributed by atoms with van der Waals surface area (Å²) in [5, 5.41) is 0. The van der Waals surface area contributed by atoms with Gasteiger partial charge in [0.25, 0.3) is 10.0 Å². The fraction of sp³-hybridized carbons (Fsp3) is 0.409. The average molecular weight is 399 g/mol. The highest BCUT2D eigenvalue weighted by atomic mass is 32.2. The van der Waals surface area contributed by atoms with Gasteiger partial charge in [-0.3, -0.25) is 9.52 Å². The van der Waals surface area contributed by atoms with Crippen molar-refractivity contribution >= 4 is 27.3 Å². The van der Waals surface area contributed by atoms with Crippen molar-refractivity contribution < 1.29 is 13.2 Å². The SMILES string of the molecule is Cc1ccc(C)c(NS(=O)(=O)c2ccc3c(c2)C[C@@H](C)N3C(=O)C2CCC2)c1. The highest BCUT2D eigenvalue weighted by Gasteiger charge is 2.37. The zero-order valence-electron chi connectivity index (χ0n) is 16.5. The zero-order valence-corrected chi connectivity index (χ0v) is 17.3. The van der Waals surface area contributed by atoms with Gasteiger partial charge in [0.2, 0.25) is 5.91 Å². The Labute approximate surface area is 166 Å².